The third kappa shape index (κ3) is 5.31. The minimum atomic E-state index is -0.700. The largest absolute Gasteiger partial charge is 0.491 e. The van der Waals surface area contributed by atoms with E-state index in [0.717, 1.165) is 30.7 Å². The summed E-state index contributed by atoms with van der Waals surface area (Å²) in [7, 11) is 0. The van der Waals surface area contributed by atoms with Crippen LogP contribution in [-0.4, -0.2) is 36.2 Å². The number of hydrogen-bond donors (Lipinski definition) is 3. The van der Waals surface area contributed by atoms with Gasteiger partial charge in [-0.05, 0) is 50.9 Å². The maximum atomic E-state index is 11.8. The van der Waals surface area contributed by atoms with Crippen LogP contribution in [0.4, 0.5) is 0 Å². The number of aliphatic hydroxyl groups excluding tert-OH is 1. The number of hydrogen-bond acceptors (Lipinski definition) is 4. The van der Waals surface area contributed by atoms with Gasteiger partial charge in [0.1, 0.15) is 5.75 Å². The fourth-order valence-corrected chi connectivity index (χ4v) is 2.60. The van der Waals surface area contributed by atoms with Crippen LogP contribution >= 0.6 is 0 Å². The summed E-state index contributed by atoms with van der Waals surface area (Å²) in [5.41, 5.74) is 0.774. The van der Waals surface area contributed by atoms with Gasteiger partial charge in [-0.25, -0.2) is 0 Å². The van der Waals surface area contributed by atoms with Crippen molar-refractivity contribution >= 4 is 5.91 Å². The standard InChI is InChI=1S/C17H26N2O3/c1-12(2)22-15-7-5-13(6-8-15)16(20)11-19-17(21)10-14-4-3-9-18-14/h5-8,12,14,16,18,20H,3-4,9-11H2,1-2H3,(H,19,21). The summed E-state index contributed by atoms with van der Waals surface area (Å²) in [5.74, 6) is 0.764. The molecular weight excluding hydrogens is 280 g/mol. The van der Waals surface area contributed by atoms with Crippen LogP contribution in [0.25, 0.3) is 0 Å². The second kappa shape index (κ2) is 8.15. The Balaban J connectivity index is 1.76. The molecule has 0 saturated carbocycles. The number of amides is 1. The highest BCUT2D eigenvalue weighted by molar-refractivity contribution is 5.76. The van der Waals surface area contributed by atoms with Crippen molar-refractivity contribution in [3.05, 3.63) is 29.8 Å². The Morgan fingerprint density at radius 1 is 1.41 bits per heavy atom. The van der Waals surface area contributed by atoms with E-state index >= 15 is 0 Å². The van der Waals surface area contributed by atoms with Crippen molar-refractivity contribution < 1.29 is 14.6 Å². The summed E-state index contributed by atoms with van der Waals surface area (Å²) in [6, 6.07) is 7.61. The molecule has 5 heteroatoms. The first-order chi connectivity index (χ1) is 10.5. The predicted octanol–water partition coefficient (Wildman–Crippen LogP) is 1.77. The molecule has 0 bridgehead atoms. The van der Waals surface area contributed by atoms with Crippen molar-refractivity contribution in [3.8, 4) is 5.75 Å². The van der Waals surface area contributed by atoms with E-state index in [0.29, 0.717) is 6.42 Å². The average molecular weight is 306 g/mol. The molecule has 0 aromatic heterocycles. The highest BCUT2D eigenvalue weighted by Gasteiger charge is 2.18. The van der Waals surface area contributed by atoms with Gasteiger partial charge >= 0.3 is 0 Å². The first kappa shape index (κ1) is 16.8. The molecule has 1 fully saturated rings. The van der Waals surface area contributed by atoms with Gasteiger partial charge in [0.15, 0.2) is 0 Å². The number of aliphatic hydroxyl groups is 1. The average Bonchev–Trinajstić information content (AvgIpc) is 2.98. The Kier molecular flexibility index (Phi) is 6.21. The molecule has 1 aromatic rings. The first-order valence-electron chi connectivity index (χ1n) is 7.99. The minimum Gasteiger partial charge on any atom is -0.491 e. The van der Waals surface area contributed by atoms with Crippen molar-refractivity contribution in [2.75, 3.05) is 13.1 Å². The van der Waals surface area contributed by atoms with Crippen molar-refractivity contribution in [1.29, 1.82) is 0 Å². The second-order valence-electron chi connectivity index (χ2n) is 6.05. The smallest absolute Gasteiger partial charge is 0.221 e. The summed E-state index contributed by atoms with van der Waals surface area (Å²) in [6.07, 6.45) is 2.08. The highest BCUT2D eigenvalue weighted by atomic mass is 16.5. The van der Waals surface area contributed by atoms with E-state index < -0.39 is 6.10 Å². The molecule has 3 N–H and O–H groups in total. The van der Waals surface area contributed by atoms with Crippen LogP contribution in [0, 0.1) is 0 Å². The van der Waals surface area contributed by atoms with Crippen molar-refractivity contribution in [2.24, 2.45) is 0 Å². The van der Waals surface area contributed by atoms with Crippen LogP contribution in [0.2, 0.25) is 0 Å². The Bertz CT molecular complexity index is 467. The van der Waals surface area contributed by atoms with Gasteiger partial charge in [0, 0.05) is 19.0 Å². The molecule has 1 aliphatic heterocycles. The molecule has 1 heterocycles. The van der Waals surface area contributed by atoms with Crippen LogP contribution in [0.15, 0.2) is 24.3 Å². The topological polar surface area (TPSA) is 70.6 Å². The molecule has 1 saturated heterocycles. The molecule has 22 heavy (non-hydrogen) atoms. The SMILES string of the molecule is CC(C)Oc1ccc(C(O)CNC(=O)CC2CCCN2)cc1. The van der Waals surface area contributed by atoms with Crippen LogP contribution in [-0.2, 0) is 4.79 Å². The van der Waals surface area contributed by atoms with Crippen LogP contribution < -0.4 is 15.4 Å². The van der Waals surface area contributed by atoms with Gasteiger partial charge in [-0.1, -0.05) is 12.1 Å². The van der Waals surface area contributed by atoms with Gasteiger partial charge in [-0.2, -0.15) is 0 Å². The summed E-state index contributed by atoms with van der Waals surface area (Å²) in [6.45, 7) is 5.16. The lowest BCUT2D eigenvalue weighted by Crippen LogP contribution is -2.34. The molecule has 5 nitrogen and oxygen atoms in total. The second-order valence-corrected chi connectivity index (χ2v) is 6.05. The number of benzene rings is 1. The van der Waals surface area contributed by atoms with E-state index in [4.69, 9.17) is 4.74 Å². The van der Waals surface area contributed by atoms with Crippen LogP contribution in [0.3, 0.4) is 0 Å². The number of rotatable bonds is 7. The lowest BCUT2D eigenvalue weighted by molar-refractivity contribution is -0.122. The fraction of sp³-hybridized carbons (Fsp3) is 0.588. The third-order valence-corrected chi connectivity index (χ3v) is 3.72. The van der Waals surface area contributed by atoms with Gasteiger partial charge in [0.2, 0.25) is 5.91 Å². The van der Waals surface area contributed by atoms with E-state index in [9.17, 15) is 9.90 Å². The lowest BCUT2D eigenvalue weighted by Gasteiger charge is -2.15. The molecule has 0 radical (unpaired) electrons. The van der Waals surface area contributed by atoms with Gasteiger partial charge < -0.3 is 20.5 Å². The van der Waals surface area contributed by atoms with Gasteiger partial charge in [-0.3, -0.25) is 4.79 Å². The normalized spacial score (nSPS) is 19.2. The number of carbonyl (C=O) groups is 1. The predicted molar refractivity (Wildman–Crippen MR) is 85.8 cm³/mol. The summed E-state index contributed by atoms with van der Waals surface area (Å²) < 4.78 is 5.56. The highest BCUT2D eigenvalue weighted by Crippen LogP contribution is 2.18. The number of carbonyl (C=O) groups excluding carboxylic acids is 1. The van der Waals surface area contributed by atoms with Gasteiger partial charge in [0.25, 0.3) is 0 Å². The molecule has 1 aromatic carbocycles. The zero-order valence-corrected chi connectivity index (χ0v) is 13.3. The van der Waals surface area contributed by atoms with Crippen molar-refractivity contribution in [3.63, 3.8) is 0 Å². The third-order valence-electron chi connectivity index (χ3n) is 3.72. The Morgan fingerprint density at radius 2 is 2.14 bits per heavy atom. The molecule has 0 spiro atoms. The monoisotopic (exact) mass is 306 g/mol. The Morgan fingerprint density at radius 3 is 2.73 bits per heavy atom. The molecule has 1 amide bonds. The van der Waals surface area contributed by atoms with Crippen molar-refractivity contribution in [1.82, 2.24) is 10.6 Å². The molecule has 2 rings (SSSR count). The quantitative estimate of drug-likeness (QED) is 0.718. The Labute approximate surface area is 132 Å². The molecule has 2 unspecified atom stereocenters. The van der Waals surface area contributed by atoms with E-state index in [1.54, 1.807) is 0 Å². The first-order valence-corrected chi connectivity index (χ1v) is 7.99. The summed E-state index contributed by atoms with van der Waals surface area (Å²) in [4.78, 5) is 11.8. The van der Waals surface area contributed by atoms with E-state index in [1.165, 1.54) is 0 Å². The van der Waals surface area contributed by atoms with Crippen molar-refractivity contribution in [2.45, 2.75) is 51.4 Å². The van der Waals surface area contributed by atoms with Crippen LogP contribution in [0.1, 0.15) is 44.8 Å². The fourth-order valence-electron chi connectivity index (χ4n) is 2.60. The zero-order valence-electron chi connectivity index (χ0n) is 13.3. The lowest BCUT2D eigenvalue weighted by atomic mass is 10.1. The molecule has 0 aliphatic carbocycles. The molecule has 122 valence electrons. The zero-order chi connectivity index (χ0) is 15.9. The minimum absolute atomic E-state index is 0.0155. The maximum absolute atomic E-state index is 11.8. The van der Waals surface area contributed by atoms with E-state index in [2.05, 4.69) is 10.6 Å². The molecule has 2 atom stereocenters. The number of nitrogens with one attached hydrogen (secondary N) is 2. The molecule has 1 aliphatic rings. The van der Waals surface area contributed by atoms with Gasteiger partial charge in [-0.15, -0.1) is 0 Å². The maximum Gasteiger partial charge on any atom is 0.221 e. The molecular formula is C17H26N2O3. The summed E-state index contributed by atoms with van der Waals surface area (Å²) in [5, 5.41) is 16.2. The van der Waals surface area contributed by atoms with Gasteiger partial charge in [0.05, 0.1) is 12.2 Å². The van der Waals surface area contributed by atoms with E-state index in [1.807, 2.05) is 38.1 Å². The van der Waals surface area contributed by atoms with E-state index in [-0.39, 0.29) is 24.6 Å². The Hall–Kier alpha value is -1.59. The summed E-state index contributed by atoms with van der Waals surface area (Å²) >= 11 is 0. The van der Waals surface area contributed by atoms with Crippen LogP contribution in [0.5, 0.6) is 5.75 Å². The number of ether oxygens (including phenoxy) is 1.